The zero-order valence-electron chi connectivity index (χ0n) is 7.68. The molecule has 0 fully saturated rings. The van der Waals surface area contributed by atoms with E-state index >= 15 is 0 Å². The smallest absolute Gasteiger partial charge is 0.121 e. The van der Waals surface area contributed by atoms with Crippen molar-refractivity contribution in [1.29, 1.82) is 0 Å². The predicted molar refractivity (Wildman–Crippen MR) is 54.1 cm³/mol. The van der Waals surface area contributed by atoms with Gasteiger partial charge in [-0.1, -0.05) is 0 Å². The van der Waals surface area contributed by atoms with E-state index in [0.29, 0.717) is 13.2 Å². The summed E-state index contributed by atoms with van der Waals surface area (Å²) in [5.74, 6) is 0.781. The van der Waals surface area contributed by atoms with Crippen molar-refractivity contribution in [2.45, 2.75) is 0 Å². The third kappa shape index (κ3) is 1.80. The highest BCUT2D eigenvalue weighted by atomic mass is 16.5. The summed E-state index contributed by atoms with van der Waals surface area (Å²) in [6.45, 7) is 1.03. The summed E-state index contributed by atoms with van der Waals surface area (Å²) >= 11 is 0. The Bertz CT molecular complexity index is 430. The quantitative estimate of drug-likeness (QED) is 0.781. The highest BCUT2D eigenvalue weighted by molar-refractivity contribution is 5.75. The Kier molecular flexibility index (Phi) is 2.55. The van der Waals surface area contributed by atoms with Crippen molar-refractivity contribution >= 4 is 11.0 Å². The highest BCUT2D eigenvalue weighted by Crippen LogP contribution is 2.16. The summed E-state index contributed by atoms with van der Waals surface area (Å²) in [4.78, 5) is 8.34. The third-order valence-corrected chi connectivity index (χ3v) is 1.83. The maximum absolute atomic E-state index is 5.37. The Hall–Kier alpha value is -1.68. The van der Waals surface area contributed by atoms with Gasteiger partial charge in [0.1, 0.15) is 12.4 Å². The molecule has 0 saturated carbocycles. The Morgan fingerprint density at radius 2 is 1.93 bits per heavy atom. The van der Waals surface area contributed by atoms with Gasteiger partial charge in [-0.25, -0.2) is 0 Å². The van der Waals surface area contributed by atoms with E-state index in [2.05, 4.69) is 9.97 Å². The topological polar surface area (TPSA) is 61.0 Å². The first-order chi connectivity index (χ1) is 6.90. The standard InChI is InChI=1S/C10H11N3O/c11-3-6-14-8-1-2-9-10(7-8)13-5-4-12-9/h1-2,4-5,7H,3,6,11H2. The fraction of sp³-hybridized carbons (Fsp3) is 0.200. The average molecular weight is 189 g/mol. The first kappa shape index (κ1) is 8.90. The molecular formula is C10H11N3O. The molecule has 1 aromatic carbocycles. The second-order valence-electron chi connectivity index (χ2n) is 2.84. The summed E-state index contributed by atoms with van der Waals surface area (Å²) in [5.41, 5.74) is 7.04. The molecule has 14 heavy (non-hydrogen) atoms. The number of hydrogen-bond donors (Lipinski definition) is 1. The van der Waals surface area contributed by atoms with Gasteiger partial charge in [-0.2, -0.15) is 0 Å². The molecule has 0 bridgehead atoms. The van der Waals surface area contributed by atoms with Crippen molar-refractivity contribution in [3.63, 3.8) is 0 Å². The van der Waals surface area contributed by atoms with Gasteiger partial charge < -0.3 is 10.5 Å². The summed E-state index contributed by atoms with van der Waals surface area (Å²) in [6.07, 6.45) is 3.33. The number of fused-ring (bicyclic) bond motifs is 1. The van der Waals surface area contributed by atoms with Crippen LogP contribution in [-0.4, -0.2) is 23.1 Å². The normalized spacial score (nSPS) is 10.4. The van der Waals surface area contributed by atoms with Crippen LogP contribution in [0.3, 0.4) is 0 Å². The largest absolute Gasteiger partial charge is 0.492 e. The molecule has 2 N–H and O–H groups in total. The third-order valence-electron chi connectivity index (χ3n) is 1.83. The average Bonchev–Trinajstić information content (AvgIpc) is 2.26. The summed E-state index contributed by atoms with van der Waals surface area (Å²) < 4.78 is 5.37. The van der Waals surface area contributed by atoms with Crippen LogP contribution in [0.2, 0.25) is 0 Å². The molecule has 72 valence electrons. The van der Waals surface area contributed by atoms with Crippen LogP contribution < -0.4 is 10.5 Å². The first-order valence-electron chi connectivity index (χ1n) is 4.44. The Balaban J connectivity index is 2.32. The van der Waals surface area contributed by atoms with Gasteiger partial charge in [0.2, 0.25) is 0 Å². The minimum absolute atomic E-state index is 0.512. The van der Waals surface area contributed by atoms with Gasteiger partial charge >= 0.3 is 0 Å². The van der Waals surface area contributed by atoms with Crippen LogP contribution in [0, 0.1) is 0 Å². The van der Waals surface area contributed by atoms with Gasteiger partial charge in [-0.15, -0.1) is 0 Å². The maximum atomic E-state index is 5.37. The van der Waals surface area contributed by atoms with Crippen molar-refractivity contribution in [2.75, 3.05) is 13.2 Å². The maximum Gasteiger partial charge on any atom is 0.121 e. The molecule has 0 aliphatic rings. The lowest BCUT2D eigenvalue weighted by atomic mass is 10.3. The van der Waals surface area contributed by atoms with E-state index in [1.54, 1.807) is 12.4 Å². The lowest BCUT2D eigenvalue weighted by Crippen LogP contribution is -2.10. The van der Waals surface area contributed by atoms with Gasteiger partial charge in [0, 0.05) is 25.0 Å². The Morgan fingerprint density at radius 1 is 1.14 bits per heavy atom. The lowest BCUT2D eigenvalue weighted by Gasteiger charge is -2.04. The van der Waals surface area contributed by atoms with Crippen LogP contribution in [0.5, 0.6) is 5.75 Å². The molecule has 0 amide bonds. The van der Waals surface area contributed by atoms with Crippen LogP contribution in [0.25, 0.3) is 11.0 Å². The van der Waals surface area contributed by atoms with Gasteiger partial charge in [0.25, 0.3) is 0 Å². The van der Waals surface area contributed by atoms with Crippen molar-refractivity contribution < 1.29 is 4.74 Å². The molecule has 0 aliphatic heterocycles. The molecule has 0 atom stereocenters. The van der Waals surface area contributed by atoms with Crippen molar-refractivity contribution in [3.8, 4) is 5.75 Å². The molecule has 1 aromatic heterocycles. The van der Waals surface area contributed by atoms with E-state index < -0.39 is 0 Å². The molecule has 1 heterocycles. The number of nitrogens with two attached hydrogens (primary N) is 1. The summed E-state index contributed by atoms with van der Waals surface area (Å²) in [6, 6.07) is 5.61. The molecule has 0 radical (unpaired) electrons. The van der Waals surface area contributed by atoms with E-state index in [9.17, 15) is 0 Å². The molecule has 4 heteroatoms. The second kappa shape index (κ2) is 4.02. The van der Waals surface area contributed by atoms with Crippen LogP contribution >= 0.6 is 0 Å². The summed E-state index contributed by atoms with van der Waals surface area (Å²) in [5, 5.41) is 0. The molecule has 0 saturated heterocycles. The molecule has 2 rings (SSSR count). The van der Waals surface area contributed by atoms with E-state index in [-0.39, 0.29) is 0 Å². The van der Waals surface area contributed by atoms with Crippen molar-refractivity contribution in [1.82, 2.24) is 9.97 Å². The number of hydrogen-bond acceptors (Lipinski definition) is 4. The number of rotatable bonds is 3. The molecular weight excluding hydrogens is 178 g/mol. The molecule has 2 aromatic rings. The number of aromatic nitrogens is 2. The molecule has 0 spiro atoms. The predicted octanol–water partition coefficient (Wildman–Crippen LogP) is 0.967. The van der Waals surface area contributed by atoms with Crippen molar-refractivity contribution in [2.24, 2.45) is 5.73 Å². The van der Waals surface area contributed by atoms with E-state index in [1.165, 1.54) is 0 Å². The summed E-state index contributed by atoms with van der Waals surface area (Å²) in [7, 11) is 0. The second-order valence-corrected chi connectivity index (χ2v) is 2.84. The molecule has 0 aliphatic carbocycles. The Morgan fingerprint density at radius 3 is 2.71 bits per heavy atom. The van der Waals surface area contributed by atoms with Gasteiger partial charge in [-0.05, 0) is 12.1 Å². The van der Waals surface area contributed by atoms with Gasteiger partial charge in [0.05, 0.1) is 11.0 Å². The van der Waals surface area contributed by atoms with Crippen molar-refractivity contribution in [3.05, 3.63) is 30.6 Å². The highest BCUT2D eigenvalue weighted by Gasteiger charge is 1.97. The van der Waals surface area contributed by atoms with Gasteiger partial charge in [0.15, 0.2) is 0 Å². The monoisotopic (exact) mass is 189 g/mol. The zero-order chi connectivity index (χ0) is 9.80. The van der Waals surface area contributed by atoms with E-state index in [0.717, 1.165) is 16.8 Å². The van der Waals surface area contributed by atoms with Crippen LogP contribution in [0.4, 0.5) is 0 Å². The molecule has 0 unspecified atom stereocenters. The lowest BCUT2D eigenvalue weighted by molar-refractivity contribution is 0.328. The van der Waals surface area contributed by atoms with E-state index in [4.69, 9.17) is 10.5 Å². The van der Waals surface area contributed by atoms with Gasteiger partial charge in [-0.3, -0.25) is 9.97 Å². The fourth-order valence-corrected chi connectivity index (χ4v) is 1.21. The van der Waals surface area contributed by atoms with Crippen LogP contribution in [0.15, 0.2) is 30.6 Å². The Labute approximate surface area is 81.7 Å². The SMILES string of the molecule is NCCOc1ccc2nccnc2c1. The zero-order valence-corrected chi connectivity index (χ0v) is 7.68. The fourth-order valence-electron chi connectivity index (χ4n) is 1.21. The number of ether oxygens (including phenoxy) is 1. The first-order valence-corrected chi connectivity index (χ1v) is 4.44. The number of benzene rings is 1. The minimum Gasteiger partial charge on any atom is -0.492 e. The number of nitrogens with zero attached hydrogens (tertiary/aromatic N) is 2. The minimum atomic E-state index is 0.512. The molecule has 4 nitrogen and oxygen atoms in total. The van der Waals surface area contributed by atoms with E-state index in [1.807, 2.05) is 18.2 Å². The van der Waals surface area contributed by atoms with Crippen LogP contribution in [-0.2, 0) is 0 Å². The van der Waals surface area contributed by atoms with Crippen LogP contribution in [0.1, 0.15) is 0 Å².